The molecular formula is C18H19F2NO2S. The van der Waals surface area contributed by atoms with Crippen molar-refractivity contribution in [3.63, 3.8) is 0 Å². The van der Waals surface area contributed by atoms with Gasteiger partial charge in [-0.15, -0.1) is 11.8 Å². The van der Waals surface area contributed by atoms with Crippen LogP contribution in [0.15, 0.2) is 36.4 Å². The molecule has 1 amide bonds. The Labute approximate surface area is 144 Å². The molecule has 0 aliphatic heterocycles. The highest BCUT2D eigenvalue weighted by atomic mass is 32.2. The van der Waals surface area contributed by atoms with Crippen LogP contribution in [-0.4, -0.2) is 24.0 Å². The minimum absolute atomic E-state index is 0.217. The lowest BCUT2D eigenvalue weighted by molar-refractivity contribution is -0.113. The SMILES string of the molecule is Cc1cccc(C)c1OCCSCC(=O)Nc1ccc(F)c(F)c1. The van der Waals surface area contributed by atoms with Crippen LogP contribution < -0.4 is 10.1 Å². The van der Waals surface area contributed by atoms with E-state index in [1.165, 1.54) is 17.8 Å². The standard InChI is InChI=1S/C18H19F2NO2S/c1-12-4-3-5-13(2)18(12)23-8-9-24-11-17(22)21-14-6-7-15(19)16(20)10-14/h3-7,10H,8-9,11H2,1-2H3,(H,21,22). The smallest absolute Gasteiger partial charge is 0.234 e. The van der Waals surface area contributed by atoms with E-state index in [0.29, 0.717) is 12.4 Å². The van der Waals surface area contributed by atoms with Crippen LogP contribution in [0.25, 0.3) is 0 Å². The molecule has 2 aromatic rings. The molecular weight excluding hydrogens is 332 g/mol. The monoisotopic (exact) mass is 351 g/mol. The summed E-state index contributed by atoms with van der Waals surface area (Å²) in [6.45, 7) is 4.48. The quantitative estimate of drug-likeness (QED) is 0.755. The number of anilines is 1. The molecule has 0 saturated heterocycles. The molecule has 0 aromatic heterocycles. The molecule has 0 saturated carbocycles. The average Bonchev–Trinajstić information content (AvgIpc) is 2.53. The van der Waals surface area contributed by atoms with Crippen LogP contribution in [0.2, 0.25) is 0 Å². The Balaban J connectivity index is 1.70. The van der Waals surface area contributed by atoms with Gasteiger partial charge < -0.3 is 10.1 Å². The molecule has 0 spiro atoms. The van der Waals surface area contributed by atoms with Gasteiger partial charge in [-0.2, -0.15) is 0 Å². The van der Waals surface area contributed by atoms with Crippen molar-refractivity contribution >= 4 is 23.4 Å². The fraction of sp³-hybridized carbons (Fsp3) is 0.278. The predicted molar refractivity (Wildman–Crippen MR) is 93.7 cm³/mol. The normalized spacial score (nSPS) is 10.5. The molecule has 0 bridgehead atoms. The maximum absolute atomic E-state index is 13.1. The number of aryl methyl sites for hydroxylation is 2. The maximum Gasteiger partial charge on any atom is 0.234 e. The molecule has 128 valence electrons. The van der Waals surface area contributed by atoms with Crippen molar-refractivity contribution in [3.8, 4) is 5.75 Å². The largest absolute Gasteiger partial charge is 0.492 e. The van der Waals surface area contributed by atoms with E-state index in [1.807, 2.05) is 32.0 Å². The average molecular weight is 351 g/mol. The number of hydrogen-bond acceptors (Lipinski definition) is 3. The summed E-state index contributed by atoms with van der Waals surface area (Å²) in [5, 5.41) is 2.53. The van der Waals surface area contributed by atoms with E-state index in [2.05, 4.69) is 5.32 Å². The van der Waals surface area contributed by atoms with Gasteiger partial charge in [0.15, 0.2) is 11.6 Å². The minimum atomic E-state index is -0.984. The lowest BCUT2D eigenvalue weighted by Crippen LogP contribution is -2.15. The molecule has 2 rings (SSSR count). The fourth-order valence-electron chi connectivity index (χ4n) is 2.17. The lowest BCUT2D eigenvalue weighted by atomic mass is 10.1. The summed E-state index contributed by atoms with van der Waals surface area (Å²) in [5.74, 6) is -0.440. The third-order valence-electron chi connectivity index (χ3n) is 3.32. The van der Waals surface area contributed by atoms with E-state index in [4.69, 9.17) is 4.74 Å². The molecule has 3 nitrogen and oxygen atoms in total. The fourth-order valence-corrected chi connectivity index (χ4v) is 2.77. The lowest BCUT2D eigenvalue weighted by Gasteiger charge is -2.11. The van der Waals surface area contributed by atoms with Gasteiger partial charge in [0, 0.05) is 17.5 Å². The van der Waals surface area contributed by atoms with Crippen LogP contribution in [0.5, 0.6) is 5.75 Å². The second-order valence-electron chi connectivity index (χ2n) is 5.30. The van der Waals surface area contributed by atoms with Gasteiger partial charge in [-0.3, -0.25) is 4.79 Å². The zero-order valence-corrected chi connectivity index (χ0v) is 14.4. The van der Waals surface area contributed by atoms with Gasteiger partial charge in [-0.25, -0.2) is 8.78 Å². The van der Waals surface area contributed by atoms with E-state index in [-0.39, 0.29) is 17.3 Å². The molecule has 0 fully saturated rings. The van der Waals surface area contributed by atoms with Gasteiger partial charge >= 0.3 is 0 Å². The zero-order chi connectivity index (χ0) is 17.5. The first-order valence-electron chi connectivity index (χ1n) is 7.49. The number of carbonyl (C=O) groups excluding carboxylic acids is 1. The number of rotatable bonds is 7. The molecule has 2 aromatic carbocycles. The number of benzene rings is 2. The molecule has 0 radical (unpaired) electrons. The number of halogens is 2. The van der Waals surface area contributed by atoms with Crippen LogP contribution >= 0.6 is 11.8 Å². The van der Waals surface area contributed by atoms with Crippen LogP contribution in [0.1, 0.15) is 11.1 Å². The van der Waals surface area contributed by atoms with Gasteiger partial charge in [0.1, 0.15) is 5.75 Å². The Bertz CT molecular complexity index is 702. The zero-order valence-electron chi connectivity index (χ0n) is 13.6. The van der Waals surface area contributed by atoms with Crippen molar-refractivity contribution in [2.24, 2.45) is 0 Å². The van der Waals surface area contributed by atoms with Crippen molar-refractivity contribution in [1.82, 2.24) is 0 Å². The van der Waals surface area contributed by atoms with Gasteiger partial charge in [0.2, 0.25) is 5.91 Å². The molecule has 24 heavy (non-hydrogen) atoms. The summed E-state index contributed by atoms with van der Waals surface area (Å²) >= 11 is 1.41. The van der Waals surface area contributed by atoms with Gasteiger partial charge in [-0.05, 0) is 37.1 Å². The molecule has 0 unspecified atom stereocenters. The van der Waals surface area contributed by atoms with E-state index >= 15 is 0 Å². The topological polar surface area (TPSA) is 38.3 Å². The summed E-state index contributed by atoms with van der Waals surface area (Å²) < 4.78 is 31.6. The Kier molecular flexibility index (Phi) is 6.61. The van der Waals surface area contributed by atoms with Crippen LogP contribution in [0.4, 0.5) is 14.5 Å². The number of carbonyl (C=O) groups is 1. The minimum Gasteiger partial charge on any atom is -0.492 e. The van der Waals surface area contributed by atoms with Crippen molar-refractivity contribution in [1.29, 1.82) is 0 Å². The van der Waals surface area contributed by atoms with E-state index in [9.17, 15) is 13.6 Å². The Morgan fingerprint density at radius 1 is 1.12 bits per heavy atom. The number of ether oxygens (including phenoxy) is 1. The van der Waals surface area contributed by atoms with Crippen molar-refractivity contribution < 1.29 is 18.3 Å². The number of hydrogen-bond donors (Lipinski definition) is 1. The molecule has 0 heterocycles. The second-order valence-corrected chi connectivity index (χ2v) is 6.40. The maximum atomic E-state index is 13.1. The van der Waals surface area contributed by atoms with E-state index in [0.717, 1.165) is 29.0 Å². The van der Waals surface area contributed by atoms with E-state index < -0.39 is 11.6 Å². The summed E-state index contributed by atoms with van der Waals surface area (Å²) in [4.78, 5) is 11.8. The van der Waals surface area contributed by atoms with Crippen molar-refractivity contribution in [2.75, 3.05) is 23.4 Å². The van der Waals surface area contributed by atoms with Crippen LogP contribution in [0.3, 0.4) is 0 Å². The Morgan fingerprint density at radius 3 is 2.50 bits per heavy atom. The summed E-state index contributed by atoms with van der Waals surface area (Å²) in [6.07, 6.45) is 0. The third-order valence-corrected chi connectivity index (χ3v) is 4.24. The highest BCUT2D eigenvalue weighted by molar-refractivity contribution is 7.99. The number of thioether (sulfide) groups is 1. The van der Waals surface area contributed by atoms with Crippen molar-refractivity contribution in [2.45, 2.75) is 13.8 Å². The van der Waals surface area contributed by atoms with Gasteiger partial charge in [0.05, 0.1) is 12.4 Å². The molecule has 0 aliphatic carbocycles. The second kappa shape index (κ2) is 8.68. The molecule has 0 aliphatic rings. The first kappa shape index (κ1) is 18.3. The van der Waals surface area contributed by atoms with Crippen molar-refractivity contribution in [3.05, 3.63) is 59.2 Å². The van der Waals surface area contributed by atoms with Crippen LogP contribution in [-0.2, 0) is 4.79 Å². The van der Waals surface area contributed by atoms with Crippen LogP contribution in [0, 0.1) is 25.5 Å². The van der Waals surface area contributed by atoms with Gasteiger partial charge in [0.25, 0.3) is 0 Å². The summed E-state index contributed by atoms with van der Waals surface area (Å²) in [5.41, 5.74) is 2.40. The first-order valence-corrected chi connectivity index (χ1v) is 8.64. The highest BCUT2D eigenvalue weighted by Gasteiger charge is 2.07. The van der Waals surface area contributed by atoms with E-state index in [1.54, 1.807) is 0 Å². The summed E-state index contributed by atoms with van der Waals surface area (Å²) in [7, 11) is 0. The highest BCUT2D eigenvalue weighted by Crippen LogP contribution is 2.22. The Morgan fingerprint density at radius 2 is 1.83 bits per heavy atom. The first-order chi connectivity index (χ1) is 11.5. The van der Waals surface area contributed by atoms with Gasteiger partial charge in [-0.1, -0.05) is 18.2 Å². The summed E-state index contributed by atoms with van der Waals surface area (Å²) in [6, 6.07) is 9.23. The molecule has 1 N–H and O–H groups in total. The third kappa shape index (κ3) is 5.23. The number of nitrogens with one attached hydrogen (secondary N) is 1. The predicted octanol–water partition coefficient (Wildman–Crippen LogP) is 4.33. The number of para-hydroxylation sites is 1. The number of amides is 1. The molecule has 6 heteroatoms. The molecule has 0 atom stereocenters. The Hall–Kier alpha value is -2.08.